The minimum Gasteiger partial charge on any atom is -0.496 e. The van der Waals surface area contributed by atoms with Gasteiger partial charge in [0.1, 0.15) is 5.75 Å². The number of benzene rings is 2. The van der Waals surface area contributed by atoms with Crippen molar-refractivity contribution in [2.75, 3.05) is 7.11 Å². The molecule has 2 heteroatoms. The smallest absolute Gasteiger partial charge is 0.129 e. The van der Waals surface area contributed by atoms with Crippen LogP contribution in [0.4, 0.5) is 0 Å². The highest BCUT2D eigenvalue weighted by Crippen LogP contribution is 2.35. The van der Waals surface area contributed by atoms with Gasteiger partial charge in [0.05, 0.1) is 7.11 Å². The summed E-state index contributed by atoms with van der Waals surface area (Å²) in [7, 11) is 1.76. The van der Waals surface area contributed by atoms with Gasteiger partial charge in [-0.15, -0.1) is 0 Å². The topological polar surface area (TPSA) is 9.23 Å². The van der Waals surface area contributed by atoms with Gasteiger partial charge in [-0.05, 0) is 52.3 Å². The Hall–Kier alpha value is -1.03. The van der Waals surface area contributed by atoms with Gasteiger partial charge >= 0.3 is 0 Å². The number of methoxy groups -OCH3 is 1. The monoisotopic (exact) mass is 352 g/mol. The van der Waals surface area contributed by atoms with Gasteiger partial charge in [0.25, 0.3) is 0 Å². The maximum atomic E-state index is 5.64. The van der Waals surface area contributed by atoms with Crippen LogP contribution in [0.5, 0.6) is 5.75 Å². The van der Waals surface area contributed by atoms with Gasteiger partial charge in [-0.3, -0.25) is 0 Å². The molecular weight excluding hydrogens is 335 g/mol. The minimum absolute atomic E-state index is 1.02. The van der Waals surface area contributed by atoms with E-state index in [1.807, 2.05) is 6.07 Å². The zero-order valence-electron chi connectivity index (χ0n) is 10.7. The lowest BCUT2D eigenvalue weighted by Gasteiger charge is -2.14. The average molecular weight is 352 g/mol. The molecule has 0 amide bonds. The molecule has 2 rings (SSSR count). The van der Waals surface area contributed by atoms with Crippen molar-refractivity contribution in [3.05, 3.63) is 51.6 Å². The van der Waals surface area contributed by atoms with Crippen LogP contribution in [-0.4, -0.2) is 7.11 Å². The number of hydrogen-bond acceptors (Lipinski definition) is 1. The van der Waals surface area contributed by atoms with Crippen LogP contribution in [-0.2, 0) is 6.42 Å². The van der Waals surface area contributed by atoms with Crippen LogP contribution in [0, 0.1) is 3.57 Å². The zero-order chi connectivity index (χ0) is 13.0. The summed E-state index contributed by atoms with van der Waals surface area (Å²) in [5.74, 6) is 1.02. The Labute approximate surface area is 122 Å². The van der Waals surface area contributed by atoms with Crippen molar-refractivity contribution in [3.63, 3.8) is 0 Å². The van der Waals surface area contributed by atoms with Crippen LogP contribution in [0.15, 0.2) is 42.5 Å². The van der Waals surface area contributed by atoms with Crippen molar-refractivity contribution in [2.45, 2.75) is 19.8 Å². The van der Waals surface area contributed by atoms with Crippen LogP contribution in [0.1, 0.15) is 18.9 Å². The van der Waals surface area contributed by atoms with Crippen molar-refractivity contribution in [2.24, 2.45) is 0 Å². The second-order valence-corrected chi connectivity index (χ2v) is 5.51. The summed E-state index contributed by atoms with van der Waals surface area (Å²) in [5, 5.41) is 0. The van der Waals surface area contributed by atoms with Gasteiger partial charge in [0.15, 0.2) is 0 Å². The Kier molecular flexibility index (Phi) is 4.64. The second kappa shape index (κ2) is 6.23. The highest BCUT2D eigenvalue weighted by atomic mass is 127. The van der Waals surface area contributed by atoms with E-state index in [0.29, 0.717) is 0 Å². The van der Waals surface area contributed by atoms with Crippen LogP contribution in [0.25, 0.3) is 11.1 Å². The van der Waals surface area contributed by atoms with Crippen molar-refractivity contribution >= 4 is 22.6 Å². The lowest BCUT2D eigenvalue weighted by Crippen LogP contribution is -1.96. The van der Waals surface area contributed by atoms with Crippen LogP contribution in [0.2, 0.25) is 0 Å². The summed E-state index contributed by atoms with van der Waals surface area (Å²) in [6.07, 6.45) is 2.19. The molecule has 18 heavy (non-hydrogen) atoms. The molecule has 0 unspecified atom stereocenters. The molecule has 0 aliphatic rings. The molecule has 0 fully saturated rings. The van der Waals surface area contributed by atoms with E-state index in [1.165, 1.54) is 20.3 Å². The fourth-order valence-corrected chi connectivity index (χ4v) is 2.87. The molecule has 0 saturated heterocycles. The summed E-state index contributed by atoms with van der Waals surface area (Å²) < 4.78 is 6.90. The fourth-order valence-electron chi connectivity index (χ4n) is 2.18. The number of hydrogen-bond donors (Lipinski definition) is 0. The Morgan fingerprint density at radius 3 is 2.44 bits per heavy atom. The molecule has 2 aromatic carbocycles. The third-order valence-corrected chi connectivity index (χ3v) is 3.56. The zero-order valence-corrected chi connectivity index (χ0v) is 12.9. The van der Waals surface area contributed by atoms with Crippen molar-refractivity contribution in [1.82, 2.24) is 0 Å². The van der Waals surface area contributed by atoms with Gasteiger partial charge < -0.3 is 4.74 Å². The first-order valence-electron chi connectivity index (χ1n) is 6.18. The number of ether oxygens (including phenoxy) is 1. The Morgan fingerprint density at radius 2 is 1.83 bits per heavy atom. The first-order chi connectivity index (χ1) is 8.76. The Morgan fingerprint density at radius 1 is 1.11 bits per heavy atom. The molecule has 2 aromatic rings. The molecule has 0 aliphatic heterocycles. The van der Waals surface area contributed by atoms with E-state index in [0.717, 1.165) is 18.6 Å². The lowest BCUT2D eigenvalue weighted by atomic mass is 9.99. The molecule has 94 valence electrons. The molecule has 0 aromatic heterocycles. The predicted octanol–water partition coefficient (Wildman–Crippen LogP) is 4.92. The largest absolute Gasteiger partial charge is 0.496 e. The minimum atomic E-state index is 1.02. The van der Waals surface area contributed by atoms with E-state index in [4.69, 9.17) is 4.74 Å². The molecule has 0 saturated carbocycles. The molecule has 1 nitrogen and oxygen atoms in total. The van der Waals surface area contributed by atoms with Crippen molar-refractivity contribution in [1.29, 1.82) is 0 Å². The number of aryl methyl sites for hydroxylation is 1. The van der Waals surface area contributed by atoms with Gasteiger partial charge in [-0.1, -0.05) is 43.7 Å². The van der Waals surface area contributed by atoms with Gasteiger partial charge in [-0.2, -0.15) is 0 Å². The molecule has 0 N–H and O–H groups in total. The molecule has 0 atom stereocenters. The van der Waals surface area contributed by atoms with Crippen LogP contribution < -0.4 is 4.74 Å². The van der Waals surface area contributed by atoms with E-state index in [1.54, 1.807) is 7.11 Å². The first-order valence-corrected chi connectivity index (χ1v) is 7.26. The highest BCUT2D eigenvalue weighted by molar-refractivity contribution is 14.1. The maximum Gasteiger partial charge on any atom is 0.129 e. The summed E-state index contributed by atoms with van der Waals surface area (Å²) in [6, 6.07) is 14.8. The SMILES string of the molecule is CCCc1cc(I)cc(-c2ccccc2)c1OC. The third-order valence-electron chi connectivity index (χ3n) is 2.94. The lowest BCUT2D eigenvalue weighted by molar-refractivity contribution is 0.411. The molecule has 0 bridgehead atoms. The van der Waals surface area contributed by atoms with Crippen molar-refractivity contribution < 1.29 is 4.74 Å². The summed E-state index contributed by atoms with van der Waals surface area (Å²) in [5.41, 5.74) is 3.70. The molecule has 0 radical (unpaired) electrons. The summed E-state index contributed by atoms with van der Waals surface area (Å²) >= 11 is 2.37. The predicted molar refractivity (Wildman–Crippen MR) is 85.1 cm³/mol. The Balaban J connectivity index is 2.59. The Bertz CT molecular complexity index is 520. The molecule has 0 aliphatic carbocycles. The normalized spacial score (nSPS) is 10.4. The molecule has 0 spiro atoms. The van der Waals surface area contributed by atoms with E-state index >= 15 is 0 Å². The summed E-state index contributed by atoms with van der Waals surface area (Å²) in [4.78, 5) is 0. The molecular formula is C16H17IO. The van der Waals surface area contributed by atoms with Crippen LogP contribution >= 0.6 is 22.6 Å². The first kappa shape index (κ1) is 13.4. The van der Waals surface area contributed by atoms with Gasteiger partial charge in [0, 0.05) is 9.13 Å². The molecule has 0 heterocycles. The van der Waals surface area contributed by atoms with Crippen molar-refractivity contribution in [3.8, 4) is 16.9 Å². The summed E-state index contributed by atoms with van der Waals surface area (Å²) in [6.45, 7) is 2.20. The van der Waals surface area contributed by atoms with Gasteiger partial charge in [0.2, 0.25) is 0 Å². The standard InChI is InChI=1S/C16H17IO/c1-3-7-13-10-14(17)11-15(16(13)18-2)12-8-5-4-6-9-12/h4-6,8-11H,3,7H2,1-2H3. The average Bonchev–Trinajstić information content (AvgIpc) is 2.39. The van der Waals surface area contributed by atoms with Gasteiger partial charge in [-0.25, -0.2) is 0 Å². The quantitative estimate of drug-likeness (QED) is 0.710. The van der Waals surface area contributed by atoms with E-state index < -0.39 is 0 Å². The highest BCUT2D eigenvalue weighted by Gasteiger charge is 2.11. The fraction of sp³-hybridized carbons (Fsp3) is 0.250. The third kappa shape index (κ3) is 2.86. The van der Waals surface area contributed by atoms with E-state index in [9.17, 15) is 0 Å². The van der Waals surface area contributed by atoms with E-state index in [-0.39, 0.29) is 0 Å². The van der Waals surface area contributed by atoms with E-state index in [2.05, 4.69) is 65.9 Å². The number of rotatable bonds is 4. The van der Waals surface area contributed by atoms with Crippen LogP contribution in [0.3, 0.4) is 0 Å². The maximum absolute atomic E-state index is 5.64. The second-order valence-electron chi connectivity index (χ2n) is 4.26. The number of halogens is 1.